The van der Waals surface area contributed by atoms with E-state index in [9.17, 15) is 4.79 Å². The van der Waals surface area contributed by atoms with Crippen LogP contribution < -0.4 is 10.1 Å². The number of carbonyl (C=O) groups excluding carboxylic acids is 1. The Labute approximate surface area is 149 Å². The topological polar surface area (TPSA) is 51.2 Å². The van der Waals surface area contributed by atoms with Crippen molar-refractivity contribution in [2.24, 2.45) is 0 Å². The van der Waals surface area contributed by atoms with Gasteiger partial charge in [-0.15, -0.1) is 11.3 Å². The molecule has 4 aromatic rings. The standard InChI is InChI=1S/C20H16N2O2S/c1-12-21-17-11-15(7-8-19(17)25-12)22-20(23)16-9-13-5-3-4-6-14(13)10-18(16)24-2/h3-11H,1-2H3,(H,22,23). The number of carbonyl (C=O) groups is 1. The molecule has 1 heterocycles. The quantitative estimate of drug-likeness (QED) is 0.566. The Kier molecular flexibility index (Phi) is 3.86. The third-order valence-electron chi connectivity index (χ3n) is 4.06. The molecule has 25 heavy (non-hydrogen) atoms. The van der Waals surface area contributed by atoms with E-state index in [2.05, 4.69) is 10.3 Å². The maximum atomic E-state index is 12.8. The van der Waals surface area contributed by atoms with Crippen molar-refractivity contribution in [3.05, 3.63) is 65.2 Å². The van der Waals surface area contributed by atoms with Gasteiger partial charge in [0, 0.05) is 5.69 Å². The first-order chi connectivity index (χ1) is 12.1. The van der Waals surface area contributed by atoms with Gasteiger partial charge in [-0.3, -0.25) is 4.79 Å². The summed E-state index contributed by atoms with van der Waals surface area (Å²) in [6.07, 6.45) is 0. The molecule has 124 valence electrons. The maximum absolute atomic E-state index is 12.8. The molecule has 1 aromatic heterocycles. The smallest absolute Gasteiger partial charge is 0.259 e. The molecule has 4 rings (SSSR count). The van der Waals surface area contributed by atoms with Gasteiger partial charge >= 0.3 is 0 Å². The van der Waals surface area contributed by atoms with Crippen molar-refractivity contribution in [2.45, 2.75) is 6.92 Å². The molecule has 0 saturated heterocycles. The molecular formula is C20H16N2O2S. The molecule has 0 aliphatic carbocycles. The number of ether oxygens (including phenoxy) is 1. The number of benzene rings is 3. The van der Waals surface area contributed by atoms with Gasteiger partial charge in [-0.25, -0.2) is 4.98 Å². The molecule has 0 spiro atoms. The van der Waals surface area contributed by atoms with Crippen LogP contribution in [0.4, 0.5) is 5.69 Å². The molecule has 0 fully saturated rings. The number of thiazole rings is 1. The molecular weight excluding hydrogens is 332 g/mol. The van der Waals surface area contributed by atoms with Crippen LogP contribution in [0.1, 0.15) is 15.4 Å². The Bertz CT molecular complexity index is 1100. The van der Waals surface area contributed by atoms with E-state index in [4.69, 9.17) is 4.74 Å². The minimum absolute atomic E-state index is 0.200. The highest BCUT2D eigenvalue weighted by atomic mass is 32.1. The lowest BCUT2D eigenvalue weighted by Gasteiger charge is -2.11. The summed E-state index contributed by atoms with van der Waals surface area (Å²) in [4.78, 5) is 17.2. The maximum Gasteiger partial charge on any atom is 0.259 e. The van der Waals surface area contributed by atoms with E-state index in [1.165, 1.54) is 0 Å². The molecule has 3 aromatic carbocycles. The fourth-order valence-electron chi connectivity index (χ4n) is 2.88. The van der Waals surface area contributed by atoms with Crippen LogP contribution >= 0.6 is 11.3 Å². The minimum Gasteiger partial charge on any atom is -0.496 e. The van der Waals surface area contributed by atoms with E-state index in [0.29, 0.717) is 11.3 Å². The van der Waals surface area contributed by atoms with Crippen LogP contribution in [0.15, 0.2) is 54.6 Å². The van der Waals surface area contributed by atoms with Crippen LogP contribution in [-0.2, 0) is 0 Å². The lowest BCUT2D eigenvalue weighted by atomic mass is 10.1. The third-order valence-corrected chi connectivity index (χ3v) is 5.02. The van der Waals surface area contributed by atoms with Crippen molar-refractivity contribution < 1.29 is 9.53 Å². The van der Waals surface area contributed by atoms with Crippen LogP contribution in [0, 0.1) is 6.92 Å². The molecule has 1 amide bonds. The summed E-state index contributed by atoms with van der Waals surface area (Å²) in [5, 5.41) is 5.99. The fraction of sp³-hybridized carbons (Fsp3) is 0.100. The van der Waals surface area contributed by atoms with E-state index >= 15 is 0 Å². The average molecular weight is 348 g/mol. The number of nitrogens with one attached hydrogen (secondary N) is 1. The van der Waals surface area contributed by atoms with Gasteiger partial charge in [0.05, 0.1) is 27.9 Å². The summed E-state index contributed by atoms with van der Waals surface area (Å²) >= 11 is 1.64. The predicted octanol–water partition coefficient (Wildman–Crippen LogP) is 5.02. The second kappa shape index (κ2) is 6.18. The fourth-order valence-corrected chi connectivity index (χ4v) is 3.69. The molecule has 1 N–H and O–H groups in total. The van der Waals surface area contributed by atoms with Crippen molar-refractivity contribution in [1.29, 1.82) is 0 Å². The molecule has 0 atom stereocenters. The van der Waals surface area contributed by atoms with Crippen molar-refractivity contribution in [3.8, 4) is 5.75 Å². The summed E-state index contributed by atoms with van der Waals surface area (Å²) in [5.74, 6) is 0.357. The van der Waals surface area contributed by atoms with Crippen LogP contribution in [0.5, 0.6) is 5.75 Å². The molecule has 0 unspecified atom stereocenters. The lowest BCUT2D eigenvalue weighted by molar-refractivity contribution is 0.102. The highest BCUT2D eigenvalue weighted by Gasteiger charge is 2.14. The summed E-state index contributed by atoms with van der Waals surface area (Å²) in [7, 11) is 1.57. The van der Waals surface area contributed by atoms with Gasteiger partial charge in [0.25, 0.3) is 5.91 Å². The number of aromatic nitrogens is 1. The Morgan fingerprint density at radius 2 is 1.84 bits per heavy atom. The van der Waals surface area contributed by atoms with Crippen LogP contribution in [0.2, 0.25) is 0 Å². The number of methoxy groups -OCH3 is 1. The first-order valence-corrected chi connectivity index (χ1v) is 8.71. The molecule has 5 heteroatoms. The molecule has 0 bridgehead atoms. The first-order valence-electron chi connectivity index (χ1n) is 7.89. The zero-order valence-corrected chi connectivity index (χ0v) is 14.7. The van der Waals surface area contributed by atoms with E-state index in [1.807, 2.05) is 61.5 Å². The number of hydrogen-bond acceptors (Lipinski definition) is 4. The number of fused-ring (bicyclic) bond motifs is 2. The summed E-state index contributed by atoms with van der Waals surface area (Å²) in [5.41, 5.74) is 2.12. The number of anilines is 1. The predicted molar refractivity (Wildman–Crippen MR) is 103 cm³/mol. The van der Waals surface area contributed by atoms with Crippen LogP contribution in [-0.4, -0.2) is 18.0 Å². The highest BCUT2D eigenvalue weighted by molar-refractivity contribution is 7.18. The normalized spacial score (nSPS) is 11.0. The van der Waals surface area contributed by atoms with Gasteiger partial charge < -0.3 is 10.1 Å². The van der Waals surface area contributed by atoms with Gasteiger partial charge in [-0.05, 0) is 48.0 Å². The lowest BCUT2D eigenvalue weighted by Crippen LogP contribution is -2.13. The van der Waals surface area contributed by atoms with Gasteiger partial charge in [0.1, 0.15) is 5.75 Å². The van der Waals surface area contributed by atoms with E-state index in [1.54, 1.807) is 18.4 Å². The second-order valence-electron chi connectivity index (χ2n) is 5.77. The number of hydrogen-bond donors (Lipinski definition) is 1. The van der Waals surface area contributed by atoms with Crippen molar-refractivity contribution in [2.75, 3.05) is 12.4 Å². The van der Waals surface area contributed by atoms with Gasteiger partial charge in [-0.1, -0.05) is 24.3 Å². The van der Waals surface area contributed by atoms with Crippen molar-refractivity contribution >= 4 is 43.9 Å². The summed E-state index contributed by atoms with van der Waals surface area (Å²) in [6, 6.07) is 17.4. The largest absolute Gasteiger partial charge is 0.496 e. The highest BCUT2D eigenvalue weighted by Crippen LogP contribution is 2.28. The monoisotopic (exact) mass is 348 g/mol. The van der Waals surface area contributed by atoms with Crippen molar-refractivity contribution in [1.82, 2.24) is 4.98 Å². The number of aryl methyl sites for hydroxylation is 1. The van der Waals surface area contributed by atoms with Crippen molar-refractivity contribution in [3.63, 3.8) is 0 Å². The molecule has 4 nitrogen and oxygen atoms in total. The first kappa shape index (κ1) is 15.6. The Morgan fingerprint density at radius 3 is 2.60 bits per heavy atom. The second-order valence-corrected chi connectivity index (χ2v) is 7.00. The van der Waals surface area contributed by atoms with E-state index in [0.717, 1.165) is 31.7 Å². The molecule has 0 saturated carbocycles. The Balaban J connectivity index is 1.70. The number of amides is 1. The van der Waals surface area contributed by atoms with Gasteiger partial charge in [-0.2, -0.15) is 0 Å². The zero-order chi connectivity index (χ0) is 17.4. The summed E-state index contributed by atoms with van der Waals surface area (Å²) < 4.78 is 6.52. The summed E-state index contributed by atoms with van der Waals surface area (Å²) in [6.45, 7) is 1.98. The Morgan fingerprint density at radius 1 is 1.08 bits per heavy atom. The SMILES string of the molecule is COc1cc2ccccc2cc1C(=O)Nc1ccc2sc(C)nc2c1. The Hall–Kier alpha value is -2.92. The van der Waals surface area contributed by atoms with E-state index in [-0.39, 0.29) is 5.91 Å². The van der Waals surface area contributed by atoms with Gasteiger partial charge in [0.2, 0.25) is 0 Å². The van der Waals surface area contributed by atoms with Crippen LogP contribution in [0.3, 0.4) is 0 Å². The average Bonchev–Trinajstić information content (AvgIpc) is 2.99. The minimum atomic E-state index is -0.200. The number of rotatable bonds is 3. The van der Waals surface area contributed by atoms with Crippen LogP contribution in [0.25, 0.3) is 21.0 Å². The molecule has 0 aliphatic rings. The van der Waals surface area contributed by atoms with Gasteiger partial charge in [0.15, 0.2) is 0 Å². The molecule has 0 radical (unpaired) electrons. The molecule has 0 aliphatic heterocycles. The van der Waals surface area contributed by atoms with E-state index < -0.39 is 0 Å². The zero-order valence-electron chi connectivity index (χ0n) is 13.9. The third kappa shape index (κ3) is 2.94. The number of nitrogens with zero attached hydrogens (tertiary/aromatic N) is 1.